The topological polar surface area (TPSA) is 9.86 Å². The normalized spacial score (nSPS) is 14.4. The molecular formula is C66H40N2. The van der Waals surface area contributed by atoms with Crippen molar-refractivity contribution >= 4 is 54.4 Å². The van der Waals surface area contributed by atoms with E-state index >= 15 is 0 Å². The first kappa shape index (κ1) is 36.5. The Hall–Kier alpha value is -8.72. The molecule has 2 nitrogen and oxygen atoms in total. The van der Waals surface area contributed by atoms with E-state index in [4.69, 9.17) is 0 Å². The van der Waals surface area contributed by atoms with E-state index in [0.29, 0.717) is 0 Å². The molecule has 0 fully saturated rings. The summed E-state index contributed by atoms with van der Waals surface area (Å²) in [6.45, 7) is 0. The van der Waals surface area contributed by atoms with Crippen LogP contribution in [0.3, 0.4) is 0 Å². The van der Waals surface area contributed by atoms with Gasteiger partial charge in [-0.25, -0.2) is 0 Å². The van der Waals surface area contributed by atoms with E-state index in [0.717, 1.165) is 11.4 Å². The van der Waals surface area contributed by atoms with Crippen LogP contribution < -0.4 is 0 Å². The van der Waals surface area contributed by atoms with Crippen molar-refractivity contribution in [2.75, 3.05) is 0 Å². The highest BCUT2D eigenvalue weighted by Crippen LogP contribution is 2.67. The molecular weight excluding hydrogens is 821 g/mol. The summed E-state index contributed by atoms with van der Waals surface area (Å²) in [5.74, 6) is 0. The van der Waals surface area contributed by atoms with Gasteiger partial charge in [0.25, 0.3) is 0 Å². The molecule has 2 aromatic heterocycles. The molecule has 0 N–H and O–H groups in total. The minimum Gasteiger partial charge on any atom is -0.309 e. The van der Waals surface area contributed by atoms with Crippen molar-refractivity contribution in [2.24, 2.45) is 0 Å². The first-order chi connectivity index (χ1) is 33.8. The van der Waals surface area contributed by atoms with Crippen LogP contribution in [0.4, 0.5) is 0 Å². The van der Waals surface area contributed by atoms with Gasteiger partial charge in [0.2, 0.25) is 0 Å². The molecule has 16 rings (SSSR count). The third kappa shape index (κ3) is 4.26. The number of aromatic nitrogens is 2. The zero-order chi connectivity index (χ0) is 44.3. The second-order valence-corrected chi connectivity index (χ2v) is 19.0. The fraction of sp³-hybridized carbons (Fsp3) is 0.0303. The molecule has 2 spiro atoms. The third-order valence-corrected chi connectivity index (χ3v) is 16.2. The largest absolute Gasteiger partial charge is 0.309 e. The maximum atomic E-state index is 2.61. The maximum Gasteiger partial charge on any atom is 0.0720 e. The summed E-state index contributed by atoms with van der Waals surface area (Å²) >= 11 is 0. The summed E-state index contributed by atoms with van der Waals surface area (Å²) in [7, 11) is 0. The van der Waals surface area contributed by atoms with Gasteiger partial charge in [0.05, 0.1) is 32.9 Å². The lowest BCUT2D eigenvalue weighted by Gasteiger charge is -2.48. The molecule has 0 unspecified atom stereocenters. The summed E-state index contributed by atoms with van der Waals surface area (Å²) in [4.78, 5) is 0. The summed E-state index contributed by atoms with van der Waals surface area (Å²) in [6.07, 6.45) is 0. The van der Waals surface area contributed by atoms with Gasteiger partial charge in [-0.1, -0.05) is 194 Å². The number of para-hydroxylation sites is 2. The van der Waals surface area contributed by atoms with Crippen molar-refractivity contribution in [3.05, 3.63) is 287 Å². The van der Waals surface area contributed by atoms with Gasteiger partial charge in [0.15, 0.2) is 0 Å². The van der Waals surface area contributed by atoms with Crippen LogP contribution >= 0.6 is 0 Å². The highest BCUT2D eigenvalue weighted by Gasteiger charge is 2.59. The van der Waals surface area contributed by atoms with E-state index in [1.165, 1.54) is 121 Å². The third-order valence-electron chi connectivity index (χ3n) is 16.2. The standard InChI is InChI=1S/C66H40N2/c1-2-19-42(20-3-1)67-60-33-17-9-25-48(60)49-36-35-43(38-62(49)67)68-61-37-34-41-18-4-5-21-44(41)64(61)51-39-59-50(40-63(51)68)47-24-8-12-28-54(47)66(59)57-31-15-13-29-55(57)65(56-30-14-16-32-58(56)66)52-26-10-6-22-45(52)46-23-7-11-27-53(46)65/h1-40H. The molecule has 314 valence electrons. The Morgan fingerprint density at radius 1 is 0.235 bits per heavy atom. The quantitative estimate of drug-likeness (QED) is 0.164. The molecule has 0 saturated carbocycles. The smallest absolute Gasteiger partial charge is 0.0720 e. The van der Waals surface area contributed by atoms with E-state index in [2.05, 4.69) is 252 Å². The monoisotopic (exact) mass is 860 g/mol. The predicted molar refractivity (Wildman–Crippen MR) is 281 cm³/mol. The fourth-order valence-electron chi connectivity index (χ4n) is 13.7. The van der Waals surface area contributed by atoms with Gasteiger partial charge in [-0.15, -0.1) is 0 Å². The van der Waals surface area contributed by atoms with Gasteiger partial charge in [0, 0.05) is 32.9 Å². The number of hydrogen-bond donors (Lipinski definition) is 0. The zero-order valence-corrected chi connectivity index (χ0v) is 37.0. The Morgan fingerprint density at radius 2 is 0.706 bits per heavy atom. The Morgan fingerprint density at radius 3 is 1.35 bits per heavy atom. The van der Waals surface area contributed by atoms with Crippen molar-refractivity contribution in [2.45, 2.75) is 10.8 Å². The lowest BCUT2D eigenvalue weighted by Crippen LogP contribution is -2.43. The maximum absolute atomic E-state index is 2.61. The lowest BCUT2D eigenvalue weighted by atomic mass is 9.52. The van der Waals surface area contributed by atoms with Crippen LogP contribution in [0.25, 0.3) is 88.0 Å². The molecule has 2 heteroatoms. The molecule has 0 radical (unpaired) electrons. The zero-order valence-electron chi connectivity index (χ0n) is 37.0. The number of benzene rings is 11. The highest BCUT2D eigenvalue weighted by atomic mass is 15.0. The summed E-state index contributed by atoms with van der Waals surface area (Å²) in [5, 5.41) is 7.55. The minimum atomic E-state index is -0.584. The van der Waals surface area contributed by atoms with Crippen molar-refractivity contribution in [3.8, 4) is 33.6 Å². The Labute approximate surface area is 393 Å². The van der Waals surface area contributed by atoms with E-state index < -0.39 is 10.8 Å². The molecule has 13 aromatic rings. The van der Waals surface area contributed by atoms with Crippen LogP contribution in [-0.2, 0) is 10.8 Å². The molecule has 0 atom stereocenters. The van der Waals surface area contributed by atoms with Crippen LogP contribution in [-0.4, -0.2) is 9.13 Å². The van der Waals surface area contributed by atoms with Gasteiger partial charge < -0.3 is 9.13 Å². The van der Waals surface area contributed by atoms with Crippen molar-refractivity contribution in [1.29, 1.82) is 0 Å². The van der Waals surface area contributed by atoms with Crippen LogP contribution in [0.1, 0.15) is 44.5 Å². The van der Waals surface area contributed by atoms with E-state index in [1.807, 2.05) is 0 Å². The van der Waals surface area contributed by atoms with Gasteiger partial charge in [-0.2, -0.15) is 0 Å². The van der Waals surface area contributed by atoms with Gasteiger partial charge in [-0.05, 0) is 126 Å². The van der Waals surface area contributed by atoms with Crippen LogP contribution in [0.2, 0.25) is 0 Å². The average molecular weight is 861 g/mol. The van der Waals surface area contributed by atoms with E-state index in [-0.39, 0.29) is 0 Å². The van der Waals surface area contributed by atoms with Gasteiger partial charge >= 0.3 is 0 Å². The summed E-state index contributed by atoms with van der Waals surface area (Å²) in [5.41, 5.74) is 22.1. The SMILES string of the molecule is c1ccc(-n2c3ccccc3c3ccc(-n4c5cc6c(cc5c5c7ccccc7ccc54)C4(c5ccccc5-6)c5ccccc5C5(c6ccccc6-c6ccccc65)c5ccccc54)cc32)cc1. The molecule has 3 aliphatic carbocycles. The second kappa shape index (κ2) is 13.0. The number of fused-ring (bicyclic) bond motifs is 24. The molecule has 68 heavy (non-hydrogen) atoms. The number of hydrogen-bond acceptors (Lipinski definition) is 0. The molecule has 0 saturated heterocycles. The number of nitrogens with zero attached hydrogens (tertiary/aromatic N) is 2. The fourth-order valence-corrected chi connectivity index (χ4v) is 13.7. The van der Waals surface area contributed by atoms with Crippen LogP contribution in [0, 0.1) is 0 Å². The second-order valence-electron chi connectivity index (χ2n) is 19.0. The van der Waals surface area contributed by atoms with Gasteiger partial charge in [-0.3, -0.25) is 0 Å². The van der Waals surface area contributed by atoms with E-state index in [1.54, 1.807) is 0 Å². The molecule has 0 amide bonds. The molecule has 2 heterocycles. The Kier molecular flexibility index (Phi) is 6.98. The average Bonchev–Trinajstić information content (AvgIpc) is 4.10. The molecule has 0 aliphatic heterocycles. The lowest BCUT2D eigenvalue weighted by molar-refractivity contribution is 0.633. The Bertz CT molecular complexity index is 4240. The molecule has 3 aliphatic rings. The number of rotatable bonds is 2. The van der Waals surface area contributed by atoms with E-state index in [9.17, 15) is 0 Å². The molecule has 11 aromatic carbocycles. The van der Waals surface area contributed by atoms with Crippen molar-refractivity contribution < 1.29 is 0 Å². The van der Waals surface area contributed by atoms with Crippen molar-refractivity contribution in [1.82, 2.24) is 9.13 Å². The molecule has 0 bridgehead atoms. The predicted octanol–water partition coefficient (Wildman–Crippen LogP) is 16.1. The highest BCUT2D eigenvalue weighted by molar-refractivity contribution is 6.22. The first-order valence-corrected chi connectivity index (χ1v) is 23.8. The van der Waals surface area contributed by atoms with Crippen LogP contribution in [0.15, 0.2) is 243 Å². The van der Waals surface area contributed by atoms with Gasteiger partial charge in [0.1, 0.15) is 0 Å². The van der Waals surface area contributed by atoms with Crippen LogP contribution in [0.5, 0.6) is 0 Å². The minimum absolute atomic E-state index is 0.486. The first-order valence-electron chi connectivity index (χ1n) is 23.8. The Balaban J connectivity index is 1.05. The van der Waals surface area contributed by atoms with Crippen molar-refractivity contribution in [3.63, 3.8) is 0 Å². The summed E-state index contributed by atoms with van der Waals surface area (Å²) < 4.78 is 4.97. The summed E-state index contributed by atoms with van der Waals surface area (Å²) in [6, 6.07) is 91.9.